The summed E-state index contributed by atoms with van der Waals surface area (Å²) >= 11 is 0. The highest BCUT2D eigenvalue weighted by Crippen LogP contribution is 2.44. The molecule has 0 saturated heterocycles. The Bertz CT molecular complexity index is 1700. The predicted octanol–water partition coefficient (Wildman–Crippen LogP) is 6.73. The third kappa shape index (κ3) is 7.29. The Morgan fingerprint density at radius 3 is 2.11 bits per heavy atom. The molecule has 228 valence electrons. The fraction of sp³-hybridized carbons (Fsp3) is 0.257. The molecule has 0 aliphatic heterocycles. The van der Waals surface area contributed by atoms with E-state index >= 15 is 0 Å². The van der Waals surface area contributed by atoms with Gasteiger partial charge in [-0.1, -0.05) is 78.4 Å². The highest BCUT2D eigenvalue weighted by atomic mass is 32.2. The molecule has 0 heterocycles. The van der Waals surface area contributed by atoms with Gasteiger partial charge in [0, 0.05) is 18.4 Å². The normalized spacial score (nSPS) is 13.1. The third-order valence-corrected chi connectivity index (χ3v) is 8.72. The molecule has 1 N–H and O–H groups in total. The van der Waals surface area contributed by atoms with Crippen molar-refractivity contribution in [1.29, 1.82) is 0 Å². The molecule has 4 aromatic rings. The first kappa shape index (κ1) is 30.8. The number of esters is 1. The summed E-state index contributed by atoms with van der Waals surface area (Å²) in [6, 6.07) is 29.0. The fourth-order valence-corrected chi connectivity index (χ4v) is 6.30. The summed E-state index contributed by atoms with van der Waals surface area (Å²) in [7, 11) is -4.08. The lowest BCUT2D eigenvalue weighted by Gasteiger charge is -2.20. The summed E-state index contributed by atoms with van der Waals surface area (Å²) < 4.78 is 42.2. The number of rotatable bonds is 11. The summed E-state index contributed by atoms with van der Waals surface area (Å²) in [5.41, 5.74) is 5.99. The zero-order valence-corrected chi connectivity index (χ0v) is 25.7. The number of carbonyl (C=O) groups is 2. The SMILES string of the molecule is Cc1ccc(S(=O)(=O)Oc2cccc(C(CNC(=O)OCC3c4ccccc4-c4ccccc43)CC(=O)OC(C)C)c2)cc1. The summed E-state index contributed by atoms with van der Waals surface area (Å²) in [5.74, 6) is -0.981. The van der Waals surface area contributed by atoms with Gasteiger partial charge in [0.2, 0.25) is 0 Å². The van der Waals surface area contributed by atoms with E-state index < -0.39 is 28.1 Å². The van der Waals surface area contributed by atoms with Crippen molar-refractivity contribution in [2.75, 3.05) is 13.2 Å². The lowest BCUT2D eigenvalue weighted by Crippen LogP contribution is -2.31. The highest BCUT2D eigenvalue weighted by Gasteiger charge is 2.29. The Hall–Kier alpha value is -4.63. The van der Waals surface area contributed by atoms with Crippen molar-refractivity contribution < 1.29 is 31.7 Å². The number of nitrogens with one attached hydrogen (secondary N) is 1. The number of hydrogen-bond acceptors (Lipinski definition) is 7. The second-order valence-electron chi connectivity index (χ2n) is 11.1. The minimum Gasteiger partial charge on any atom is -0.463 e. The van der Waals surface area contributed by atoms with E-state index in [-0.39, 0.29) is 42.2 Å². The molecule has 1 aliphatic rings. The summed E-state index contributed by atoms with van der Waals surface area (Å²) in [6.45, 7) is 5.58. The summed E-state index contributed by atoms with van der Waals surface area (Å²) in [6.07, 6.45) is -0.980. The predicted molar refractivity (Wildman–Crippen MR) is 167 cm³/mol. The minimum atomic E-state index is -4.08. The van der Waals surface area contributed by atoms with Gasteiger partial charge in [-0.2, -0.15) is 8.42 Å². The zero-order valence-electron chi connectivity index (χ0n) is 24.9. The molecular weight excluding hydrogens is 578 g/mol. The number of aryl methyl sites for hydroxylation is 1. The summed E-state index contributed by atoms with van der Waals surface area (Å²) in [5, 5.41) is 2.78. The number of ether oxygens (including phenoxy) is 2. The van der Waals surface area contributed by atoms with E-state index in [4.69, 9.17) is 13.7 Å². The Balaban J connectivity index is 1.28. The molecule has 9 heteroatoms. The summed E-state index contributed by atoms with van der Waals surface area (Å²) in [4.78, 5) is 25.6. The van der Waals surface area contributed by atoms with E-state index in [0.717, 1.165) is 27.8 Å². The third-order valence-electron chi connectivity index (χ3n) is 7.46. The maximum Gasteiger partial charge on any atom is 0.407 e. The maximum atomic E-state index is 12.9. The monoisotopic (exact) mass is 613 g/mol. The van der Waals surface area contributed by atoms with Gasteiger partial charge in [0.05, 0.1) is 12.5 Å². The molecule has 0 bridgehead atoms. The molecule has 1 aliphatic carbocycles. The van der Waals surface area contributed by atoms with Gasteiger partial charge in [-0.15, -0.1) is 0 Å². The Kier molecular flexibility index (Phi) is 9.35. The molecule has 0 spiro atoms. The molecule has 1 amide bonds. The van der Waals surface area contributed by atoms with Crippen LogP contribution in [0.2, 0.25) is 0 Å². The second-order valence-corrected chi connectivity index (χ2v) is 12.6. The van der Waals surface area contributed by atoms with Crippen molar-refractivity contribution in [2.45, 2.75) is 50.0 Å². The standard InChI is InChI=1S/C35H35NO7S/c1-23(2)42-34(37)20-26(25-9-8-10-27(19-25)43-44(39,40)28-17-15-24(3)16-18-28)21-36-35(38)41-22-33-31-13-6-4-11-29(31)30-12-5-7-14-32(30)33/h4-19,23,26,33H,20-22H2,1-3H3,(H,36,38). The van der Waals surface area contributed by atoms with E-state index in [1.54, 1.807) is 44.2 Å². The van der Waals surface area contributed by atoms with Crippen LogP contribution in [0.15, 0.2) is 102 Å². The number of alkyl carbamates (subject to hydrolysis) is 1. The van der Waals surface area contributed by atoms with Gasteiger partial charge in [0.25, 0.3) is 0 Å². The maximum absolute atomic E-state index is 12.9. The molecule has 4 aromatic carbocycles. The van der Waals surface area contributed by atoms with Gasteiger partial charge >= 0.3 is 22.2 Å². The van der Waals surface area contributed by atoms with Crippen LogP contribution >= 0.6 is 0 Å². The van der Waals surface area contributed by atoms with Crippen LogP contribution in [0.1, 0.15) is 54.4 Å². The number of fused-ring (bicyclic) bond motifs is 3. The highest BCUT2D eigenvalue weighted by molar-refractivity contribution is 7.87. The molecule has 8 nitrogen and oxygen atoms in total. The van der Waals surface area contributed by atoms with Crippen LogP contribution in [-0.2, 0) is 24.4 Å². The largest absolute Gasteiger partial charge is 0.463 e. The topological polar surface area (TPSA) is 108 Å². The molecule has 1 atom stereocenters. The molecule has 0 radical (unpaired) electrons. The van der Waals surface area contributed by atoms with Gasteiger partial charge in [0.15, 0.2) is 0 Å². The van der Waals surface area contributed by atoms with Gasteiger partial charge < -0.3 is 19.0 Å². The average molecular weight is 614 g/mol. The van der Waals surface area contributed by atoms with Crippen LogP contribution in [0.25, 0.3) is 11.1 Å². The molecular formula is C35H35NO7S. The lowest BCUT2D eigenvalue weighted by molar-refractivity contribution is -0.147. The number of carbonyl (C=O) groups excluding carboxylic acids is 2. The van der Waals surface area contributed by atoms with E-state index in [2.05, 4.69) is 17.4 Å². The van der Waals surface area contributed by atoms with Gasteiger partial charge in [-0.3, -0.25) is 4.79 Å². The smallest absolute Gasteiger partial charge is 0.407 e. The number of benzene rings is 4. The lowest BCUT2D eigenvalue weighted by atomic mass is 9.95. The van der Waals surface area contributed by atoms with Crippen molar-refractivity contribution >= 4 is 22.2 Å². The Morgan fingerprint density at radius 2 is 1.48 bits per heavy atom. The van der Waals surface area contributed by atoms with E-state index in [9.17, 15) is 18.0 Å². The molecule has 5 rings (SSSR count). The van der Waals surface area contributed by atoms with E-state index in [1.807, 2.05) is 43.3 Å². The van der Waals surface area contributed by atoms with Gasteiger partial charge in [-0.25, -0.2) is 4.79 Å². The van der Waals surface area contributed by atoms with Crippen molar-refractivity contribution in [2.24, 2.45) is 0 Å². The molecule has 1 unspecified atom stereocenters. The van der Waals surface area contributed by atoms with Gasteiger partial charge in [-0.05, 0) is 72.9 Å². The first-order valence-corrected chi connectivity index (χ1v) is 15.9. The Labute approximate surface area is 258 Å². The van der Waals surface area contributed by atoms with Crippen LogP contribution in [0.3, 0.4) is 0 Å². The van der Waals surface area contributed by atoms with Crippen LogP contribution in [0.5, 0.6) is 5.75 Å². The van der Waals surface area contributed by atoms with Crippen molar-refractivity contribution in [3.05, 3.63) is 119 Å². The fourth-order valence-electron chi connectivity index (χ4n) is 5.38. The number of hydrogen-bond donors (Lipinski definition) is 1. The number of amides is 1. The van der Waals surface area contributed by atoms with Crippen molar-refractivity contribution in [3.8, 4) is 16.9 Å². The zero-order chi connectivity index (χ0) is 31.3. The van der Waals surface area contributed by atoms with Crippen molar-refractivity contribution in [1.82, 2.24) is 5.32 Å². The van der Waals surface area contributed by atoms with Crippen LogP contribution in [0, 0.1) is 6.92 Å². The first-order valence-electron chi connectivity index (χ1n) is 14.5. The molecule has 44 heavy (non-hydrogen) atoms. The van der Waals surface area contributed by atoms with Crippen LogP contribution in [-0.4, -0.2) is 39.7 Å². The van der Waals surface area contributed by atoms with E-state index in [0.29, 0.717) is 5.56 Å². The average Bonchev–Trinajstić information content (AvgIpc) is 3.31. The van der Waals surface area contributed by atoms with Gasteiger partial charge in [0.1, 0.15) is 17.3 Å². The van der Waals surface area contributed by atoms with Crippen LogP contribution < -0.4 is 9.50 Å². The first-order chi connectivity index (χ1) is 21.1. The van der Waals surface area contributed by atoms with Crippen molar-refractivity contribution in [3.63, 3.8) is 0 Å². The second kappa shape index (κ2) is 13.3. The molecule has 0 aromatic heterocycles. The van der Waals surface area contributed by atoms with Crippen LogP contribution in [0.4, 0.5) is 4.79 Å². The Morgan fingerprint density at radius 1 is 0.841 bits per heavy atom. The van der Waals surface area contributed by atoms with E-state index in [1.165, 1.54) is 18.2 Å². The quantitative estimate of drug-likeness (QED) is 0.148. The molecule has 0 saturated carbocycles. The molecule has 0 fully saturated rings. The minimum absolute atomic E-state index is 0.0301.